The summed E-state index contributed by atoms with van der Waals surface area (Å²) < 4.78 is 3.38. The first kappa shape index (κ1) is 14.0. The van der Waals surface area contributed by atoms with Crippen molar-refractivity contribution in [2.24, 2.45) is 13.0 Å². The first-order chi connectivity index (χ1) is 10.6. The summed E-state index contributed by atoms with van der Waals surface area (Å²) in [6, 6.07) is 0.367. The lowest BCUT2D eigenvalue weighted by Gasteiger charge is -2.36. The zero-order chi connectivity index (χ0) is 15.3. The van der Waals surface area contributed by atoms with Crippen molar-refractivity contribution in [3.8, 4) is 0 Å². The third-order valence-corrected chi connectivity index (χ3v) is 5.52. The Bertz CT molecular complexity index is 631. The molecule has 0 radical (unpaired) electrons. The van der Waals surface area contributed by atoms with Gasteiger partial charge in [0, 0.05) is 38.0 Å². The molecule has 22 heavy (non-hydrogen) atoms. The fourth-order valence-corrected chi connectivity index (χ4v) is 3.72. The largest absolute Gasteiger partial charge is 0.345 e. The van der Waals surface area contributed by atoms with Crippen LogP contribution in [0.1, 0.15) is 62.7 Å². The summed E-state index contributed by atoms with van der Waals surface area (Å²) in [5.41, 5.74) is 0.0190. The standard InChI is InChI=1S/C16H24N4O2/c1-18-16(22)20(13-5-6-13)14(17-18)11-7-9-19(10-8-11)15(21)12-3-2-4-12/h11-13H,2-10H2,1H3. The van der Waals surface area contributed by atoms with Gasteiger partial charge >= 0.3 is 5.69 Å². The maximum absolute atomic E-state index is 12.3. The predicted molar refractivity (Wildman–Crippen MR) is 81.6 cm³/mol. The van der Waals surface area contributed by atoms with E-state index in [1.54, 1.807) is 7.05 Å². The lowest BCUT2D eigenvalue weighted by molar-refractivity contribution is -0.139. The van der Waals surface area contributed by atoms with Crippen LogP contribution in [-0.2, 0) is 11.8 Å². The zero-order valence-corrected chi connectivity index (χ0v) is 13.2. The van der Waals surface area contributed by atoms with Crippen molar-refractivity contribution in [2.45, 2.75) is 56.9 Å². The normalized spacial score (nSPS) is 23.6. The van der Waals surface area contributed by atoms with Crippen LogP contribution in [0.4, 0.5) is 0 Å². The first-order valence-electron chi connectivity index (χ1n) is 8.59. The van der Waals surface area contributed by atoms with Crippen molar-refractivity contribution in [1.29, 1.82) is 0 Å². The highest BCUT2D eigenvalue weighted by molar-refractivity contribution is 5.79. The average molecular weight is 304 g/mol. The second-order valence-electron chi connectivity index (χ2n) is 7.09. The lowest BCUT2D eigenvalue weighted by atomic mass is 9.83. The molecule has 6 nitrogen and oxygen atoms in total. The van der Waals surface area contributed by atoms with Gasteiger partial charge in [-0.15, -0.1) is 0 Å². The smallest absolute Gasteiger partial charge is 0.342 e. The van der Waals surface area contributed by atoms with Crippen LogP contribution in [0.15, 0.2) is 4.79 Å². The maximum atomic E-state index is 12.3. The van der Waals surface area contributed by atoms with Gasteiger partial charge in [0.2, 0.25) is 5.91 Å². The molecule has 0 spiro atoms. The number of aromatic nitrogens is 3. The van der Waals surface area contributed by atoms with E-state index < -0.39 is 0 Å². The summed E-state index contributed by atoms with van der Waals surface area (Å²) in [6.07, 6.45) is 7.40. The zero-order valence-electron chi connectivity index (χ0n) is 13.2. The molecule has 3 fully saturated rings. The molecule has 1 saturated heterocycles. The number of rotatable bonds is 3. The molecule has 0 unspecified atom stereocenters. The summed E-state index contributed by atoms with van der Waals surface area (Å²) in [4.78, 5) is 26.6. The molecule has 2 heterocycles. The third-order valence-electron chi connectivity index (χ3n) is 5.52. The van der Waals surface area contributed by atoms with Gasteiger partial charge in [-0.3, -0.25) is 9.36 Å². The number of likely N-dealkylation sites (tertiary alicyclic amines) is 1. The fraction of sp³-hybridized carbons (Fsp3) is 0.812. The van der Waals surface area contributed by atoms with Crippen molar-refractivity contribution in [3.63, 3.8) is 0 Å². The quantitative estimate of drug-likeness (QED) is 0.848. The van der Waals surface area contributed by atoms with E-state index in [4.69, 9.17) is 0 Å². The maximum Gasteiger partial charge on any atom is 0.345 e. The first-order valence-corrected chi connectivity index (χ1v) is 8.59. The fourth-order valence-electron chi connectivity index (χ4n) is 3.72. The van der Waals surface area contributed by atoms with Crippen LogP contribution in [0.3, 0.4) is 0 Å². The van der Waals surface area contributed by atoms with E-state index in [1.165, 1.54) is 11.1 Å². The van der Waals surface area contributed by atoms with Crippen LogP contribution in [0.5, 0.6) is 0 Å². The predicted octanol–water partition coefficient (Wildman–Crippen LogP) is 1.42. The van der Waals surface area contributed by atoms with Gasteiger partial charge in [0.25, 0.3) is 0 Å². The van der Waals surface area contributed by atoms with Crippen LogP contribution in [0.2, 0.25) is 0 Å². The van der Waals surface area contributed by atoms with Gasteiger partial charge in [-0.1, -0.05) is 6.42 Å². The number of nitrogens with zero attached hydrogens (tertiary/aromatic N) is 4. The highest BCUT2D eigenvalue weighted by Gasteiger charge is 2.36. The molecule has 0 aromatic carbocycles. The average Bonchev–Trinajstić information content (AvgIpc) is 3.25. The Hall–Kier alpha value is -1.59. The van der Waals surface area contributed by atoms with E-state index in [9.17, 15) is 9.59 Å². The van der Waals surface area contributed by atoms with Crippen molar-refractivity contribution in [3.05, 3.63) is 16.3 Å². The van der Waals surface area contributed by atoms with Crippen LogP contribution in [-0.4, -0.2) is 38.2 Å². The van der Waals surface area contributed by atoms with E-state index in [-0.39, 0.29) is 11.6 Å². The summed E-state index contributed by atoms with van der Waals surface area (Å²) in [5, 5.41) is 4.49. The van der Waals surface area contributed by atoms with Gasteiger partial charge in [-0.05, 0) is 38.5 Å². The van der Waals surface area contributed by atoms with Crippen LogP contribution < -0.4 is 5.69 Å². The monoisotopic (exact) mass is 304 g/mol. The Morgan fingerprint density at radius 1 is 1.09 bits per heavy atom. The van der Waals surface area contributed by atoms with E-state index >= 15 is 0 Å². The van der Waals surface area contributed by atoms with Gasteiger partial charge < -0.3 is 4.90 Å². The third kappa shape index (κ3) is 2.29. The number of carbonyl (C=O) groups is 1. The second-order valence-corrected chi connectivity index (χ2v) is 7.09. The topological polar surface area (TPSA) is 60.1 Å². The molecule has 1 aromatic rings. The van der Waals surface area contributed by atoms with Gasteiger partial charge in [0.1, 0.15) is 5.82 Å². The molecule has 3 aliphatic rings. The SMILES string of the molecule is Cn1nc(C2CCN(C(=O)C3CCC3)CC2)n(C2CC2)c1=O. The summed E-state index contributed by atoms with van der Waals surface area (Å²) in [5.74, 6) is 1.91. The minimum atomic E-state index is 0.0190. The number of aryl methyl sites for hydroxylation is 1. The van der Waals surface area contributed by atoms with Crippen LogP contribution in [0, 0.1) is 5.92 Å². The molecular formula is C16H24N4O2. The van der Waals surface area contributed by atoms with E-state index in [0.717, 1.165) is 57.4 Å². The number of carbonyl (C=O) groups excluding carboxylic acids is 1. The number of hydrogen-bond donors (Lipinski definition) is 0. The molecule has 1 aliphatic heterocycles. The molecular weight excluding hydrogens is 280 g/mol. The molecule has 1 amide bonds. The van der Waals surface area contributed by atoms with Gasteiger partial charge in [-0.2, -0.15) is 5.10 Å². The molecule has 2 saturated carbocycles. The lowest BCUT2D eigenvalue weighted by Crippen LogP contribution is -2.43. The van der Waals surface area contributed by atoms with Gasteiger partial charge in [0.15, 0.2) is 0 Å². The Kier molecular flexibility index (Phi) is 3.35. The Balaban J connectivity index is 1.46. The summed E-state index contributed by atoms with van der Waals surface area (Å²) in [6.45, 7) is 1.63. The van der Waals surface area contributed by atoms with Crippen molar-refractivity contribution in [2.75, 3.05) is 13.1 Å². The summed E-state index contributed by atoms with van der Waals surface area (Å²) in [7, 11) is 1.74. The number of hydrogen-bond acceptors (Lipinski definition) is 3. The van der Waals surface area contributed by atoms with E-state index in [2.05, 4.69) is 5.10 Å². The molecule has 0 bridgehead atoms. The highest BCUT2D eigenvalue weighted by atomic mass is 16.2. The number of piperidine rings is 1. The Morgan fingerprint density at radius 3 is 2.32 bits per heavy atom. The molecule has 120 valence electrons. The van der Waals surface area contributed by atoms with Crippen molar-refractivity contribution in [1.82, 2.24) is 19.2 Å². The van der Waals surface area contributed by atoms with E-state index in [1.807, 2.05) is 9.47 Å². The molecule has 0 atom stereocenters. The Morgan fingerprint density at radius 2 is 1.77 bits per heavy atom. The van der Waals surface area contributed by atoms with Gasteiger partial charge in [0.05, 0.1) is 0 Å². The second kappa shape index (κ2) is 5.25. The molecule has 0 N–H and O–H groups in total. The highest BCUT2D eigenvalue weighted by Crippen LogP contribution is 2.38. The van der Waals surface area contributed by atoms with Crippen molar-refractivity contribution < 1.29 is 4.79 Å². The van der Waals surface area contributed by atoms with E-state index in [0.29, 0.717) is 17.9 Å². The molecule has 1 aromatic heterocycles. The van der Waals surface area contributed by atoms with Crippen LogP contribution >= 0.6 is 0 Å². The summed E-state index contributed by atoms with van der Waals surface area (Å²) >= 11 is 0. The van der Waals surface area contributed by atoms with Gasteiger partial charge in [-0.25, -0.2) is 9.48 Å². The molecule has 2 aliphatic carbocycles. The minimum Gasteiger partial charge on any atom is -0.342 e. The van der Waals surface area contributed by atoms with Crippen LogP contribution in [0.25, 0.3) is 0 Å². The molecule has 6 heteroatoms. The van der Waals surface area contributed by atoms with Crippen molar-refractivity contribution >= 4 is 5.91 Å². The molecule has 4 rings (SSSR count). The number of amides is 1. The Labute approximate surface area is 130 Å². The minimum absolute atomic E-state index is 0.0190.